The van der Waals surface area contributed by atoms with Crippen molar-refractivity contribution in [2.45, 2.75) is 12.6 Å². The van der Waals surface area contributed by atoms with E-state index in [0.717, 1.165) is 5.56 Å². The molecule has 1 fully saturated rings. The van der Waals surface area contributed by atoms with Crippen molar-refractivity contribution in [2.75, 3.05) is 19.7 Å². The van der Waals surface area contributed by atoms with Crippen LogP contribution in [0.25, 0.3) is 0 Å². The van der Waals surface area contributed by atoms with Crippen LogP contribution in [0, 0.1) is 5.92 Å². The molecular formula is C18H19Cl3N2O4. The number of nitrogens with zero attached hydrogens (tertiary/aromatic N) is 1. The molecule has 0 saturated carbocycles. The first-order valence-electron chi connectivity index (χ1n) is 8.17. The lowest BCUT2D eigenvalue weighted by Gasteiger charge is -2.26. The summed E-state index contributed by atoms with van der Waals surface area (Å²) in [6.45, 7) is 2.15. The summed E-state index contributed by atoms with van der Waals surface area (Å²) in [7, 11) is 0. The SMILES string of the molecule is Cl.O=C(O)c1cccn(C[C@H]2CNCCO[C@H]2c2ccc(Cl)c(Cl)c2)c1=O. The molecular weight excluding hydrogens is 415 g/mol. The van der Waals surface area contributed by atoms with Crippen LogP contribution in [0.15, 0.2) is 41.3 Å². The third-order valence-electron chi connectivity index (χ3n) is 4.36. The van der Waals surface area contributed by atoms with E-state index in [1.807, 2.05) is 6.07 Å². The normalized spacial score (nSPS) is 19.8. The van der Waals surface area contributed by atoms with Crippen LogP contribution in [0.3, 0.4) is 0 Å². The van der Waals surface area contributed by atoms with Crippen LogP contribution in [0.2, 0.25) is 10.0 Å². The molecule has 1 aliphatic rings. The first-order valence-corrected chi connectivity index (χ1v) is 8.93. The maximum atomic E-state index is 12.4. The number of nitrogens with one attached hydrogen (secondary N) is 1. The quantitative estimate of drug-likeness (QED) is 0.773. The Bertz CT molecular complexity index is 872. The molecule has 1 aliphatic heterocycles. The predicted molar refractivity (Wildman–Crippen MR) is 106 cm³/mol. The molecule has 9 heteroatoms. The van der Waals surface area contributed by atoms with E-state index in [9.17, 15) is 9.59 Å². The standard InChI is InChI=1S/C18H18Cl2N2O4.ClH/c19-14-4-3-11(8-15(14)20)16-12(9-21-5-7-26-16)10-22-6-1-2-13(17(22)23)18(24)25;/h1-4,6,8,12,16,21H,5,7,9-10H2,(H,24,25);1H/t12-,16+;/m1./s1. The van der Waals surface area contributed by atoms with Crippen molar-refractivity contribution in [3.8, 4) is 0 Å². The second kappa shape index (κ2) is 9.57. The van der Waals surface area contributed by atoms with Gasteiger partial charge in [-0.3, -0.25) is 4.79 Å². The van der Waals surface area contributed by atoms with Crippen LogP contribution in [0.5, 0.6) is 0 Å². The van der Waals surface area contributed by atoms with Gasteiger partial charge in [-0.05, 0) is 29.8 Å². The molecule has 0 amide bonds. The van der Waals surface area contributed by atoms with E-state index in [1.54, 1.807) is 24.4 Å². The summed E-state index contributed by atoms with van der Waals surface area (Å²) < 4.78 is 7.40. The number of rotatable bonds is 4. The second-order valence-corrected chi connectivity index (χ2v) is 6.93. The van der Waals surface area contributed by atoms with Crippen molar-refractivity contribution in [2.24, 2.45) is 5.92 Å². The van der Waals surface area contributed by atoms with E-state index in [4.69, 9.17) is 33.0 Å². The van der Waals surface area contributed by atoms with Crippen molar-refractivity contribution >= 4 is 41.6 Å². The number of ether oxygens (including phenoxy) is 1. The molecule has 0 bridgehead atoms. The number of halogens is 3. The molecule has 1 aromatic heterocycles. The zero-order chi connectivity index (χ0) is 18.7. The first-order chi connectivity index (χ1) is 12.5. The van der Waals surface area contributed by atoms with E-state index in [2.05, 4.69) is 5.32 Å². The van der Waals surface area contributed by atoms with Crippen molar-refractivity contribution in [1.29, 1.82) is 0 Å². The van der Waals surface area contributed by atoms with Gasteiger partial charge < -0.3 is 19.7 Å². The Kier molecular flexibility index (Phi) is 7.70. The van der Waals surface area contributed by atoms with Crippen molar-refractivity contribution in [1.82, 2.24) is 9.88 Å². The number of hydrogen-bond donors (Lipinski definition) is 2. The molecule has 2 N–H and O–H groups in total. The Labute approximate surface area is 172 Å². The monoisotopic (exact) mass is 432 g/mol. The van der Waals surface area contributed by atoms with Gasteiger partial charge in [0, 0.05) is 31.7 Å². The molecule has 0 spiro atoms. The predicted octanol–water partition coefficient (Wildman–Crippen LogP) is 3.25. The van der Waals surface area contributed by atoms with Gasteiger partial charge in [-0.25, -0.2) is 4.79 Å². The summed E-state index contributed by atoms with van der Waals surface area (Å²) in [5.41, 5.74) is 0.0914. The zero-order valence-corrected chi connectivity index (χ0v) is 16.6. The van der Waals surface area contributed by atoms with Crippen LogP contribution in [-0.4, -0.2) is 35.3 Å². The van der Waals surface area contributed by atoms with Gasteiger partial charge in [0.2, 0.25) is 0 Å². The number of aromatic nitrogens is 1. The van der Waals surface area contributed by atoms with Gasteiger partial charge in [-0.15, -0.1) is 12.4 Å². The third kappa shape index (κ3) is 5.03. The molecule has 27 heavy (non-hydrogen) atoms. The summed E-state index contributed by atoms with van der Waals surface area (Å²) in [6.07, 6.45) is 1.30. The average Bonchev–Trinajstić information content (AvgIpc) is 2.84. The summed E-state index contributed by atoms with van der Waals surface area (Å²) in [6, 6.07) is 8.20. The third-order valence-corrected chi connectivity index (χ3v) is 5.10. The minimum absolute atomic E-state index is 0. The highest BCUT2D eigenvalue weighted by Gasteiger charge is 2.27. The fraction of sp³-hybridized carbons (Fsp3) is 0.333. The Morgan fingerprint density at radius 1 is 1.30 bits per heavy atom. The van der Waals surface area contributed by atoms with Gasteiger partial charge in [0.25, 0.3) is 5.56 Å². The fourth-order valence-electron chi connectivity index (χ4n) is 3.10. The molecule has 2 heterocycles. The van der Waals surface area contributed by atoms with Crippen LogP contribution < -0.4 is 10.9 Å². The molecule has 2 aromatic rings. The first kappa shape index (κ1) is 21.7. The van der Waals surface area contributed by atoms with Gasteiger partial charge >= 0.3 is 5.97 Å². The molecule has 0 aliphatic carbocycles. The van der Waals surface area contributed by atoms with Gasteiger partial charge in [0.15, 0.2) is 0 Å². The Balaban J connectivity index is 0.00000261. The Morgan fingerprint density at radius 2 is 2.07 bits per heavy atom. The second-order valence-electron chi connectivity index (χ2n) is 6.11. The minimum Gasteiger partial charge on any atom is -0.477 e. The number of pyridine rings is 1. The van der Waals surface area contributed by atoms with E-state index in [-0.39, 0.29) is 30.0 Å². The summed E-state index contributed by atoms with van der Waals surface area (Å²) >= 11 is 12.1. The van der Waals surface area contributed by atoms with Gasteiger partial charge in [0.05, 0.1) is 22.8 Å². The number of aromatic carboxylic acids is 1. The van der Waals surface area contributed by atoms with E-state index in [0.29, 0.717) is 36.3 Å². The van der Waals surface area contributed by atoms with Gasteiger partial charge in [0.1, 0.15) is 5.56 Å². The lowest BCUT2D eigenvalue weighted by molar-refractivity contribution is 0.0250. The number of benzene rings is 1. The average molecular weight is 434 g/mol. The molecule has 3 rings (SSSR count). The molecule has 1 saturated heterocycles. The number of hydrogen-bond acceptors (Lipinski definition) is 4. The molecule has 2 atom stereocenters. The Morgan fingerprint density at radius 3 is 2.78 bits per heavy atom. The van der Waals surface area contributed by atoms with Gasteiger partial charge in [-0.2, -0.15) is 0 Å². The highest BCUT2D eigenvalue weighted by molar-refractivity contribution is 6.42. The number of carbonyl (C=O) groups is 1. The number of carboxylic acids is 1. The van der Waals surface area contributed by atoms with E-state index in [1.165, 1.54) is 10.6 Å². The van der Waals surface area contributed by atoms with Crippen LogP contribution in [0.4, 0.5) is 0 Å². The highest BCUT2D eigenvalue weighted by atomic mass is 35.5. The van der Waals surface area contributed by atoms with Gasteiger partial charge in [-0.1, -0.05) is 29.3 Å². The summed E-state index contributed by atoms with van der Waals surface area (Å²) in [4.78, 5) is 23.6. The largest absolute Gasteiger partial charge is 0.477 e. The zero-order valence-electron chi connectivity index (χ0n) is 14.2. The molecule has 6 nitrogen and oxygen atoms in total. The van der Waals surface area contributed by atoms with Crippen molar-refractivity contribution < 1.29 is 14.6 Å². The van der Waals surface area contributed by atoms with Crippen LogP contribution >= 0.6 is 35.6 Å². The lowest BCUT2D eigenvalue weighted by atomic mass is 9.95. The molecule has 1 aromatic carbocycles. The summed E-state index contributed by atoms with van der Waals surface area (Å²) in [5.74, 6) is -1.32. The van der Waals surface area contributed by atoms with E-state index >= 15 is 0 Å². The highest BCUT2D eigenvalue weighted by Crippen LogP contribution is 2.32. The molecule has 146 valence electrons. The smallest absolute Gasteiger partial charge is 0.341 e. The maximum absolute atomic E-state index is 12.4. The molecule has 0 radical (unpaired) electrons. The van der Waals surface area contributed by atoms with Crippen molar-refractivity contribution in [3.05, 3.63) is 68.1 Å². The summed E-state index contributed by atoms with van der Waals surface area (Å²) in [5, 5.41) is 13.3. The lowest BCUT2D eigenvalue weighted by Crippen LogP contribution is -2.33. The van der Waals surface area contributed by atoms with Crippen molar-refractivity contribution in [3.63, 3.8) is 0 Å². The maximum Gasteiger partial charge on any atom is 0.341 e. The number of carboxylic acid groups (broad SMARTS) is 1. The Hall–Kier alpha value is -1.57. The fourth-order valence-corrected chi connectivity index (χ4v) is 3.41. The molecule has 0 unspecified atom stereocenters. The van der Waals surface area contributed by atoms with E-state index < -0.39 is 11.5 Å². The topological polar surface area (TPSA) is 80.6 Å². The van der Waals surface area contributed by atoms with Crippen LogP contribution in [-0.2, 0) is 11.3 Å². The minimum atomic E-state index is -1.24. The van der Waals surface area contributed by atoms with Crippen LogP contribution in [0.1, 0.15) is 22.0 Å².